The second-order valence-corrected chi connectivity index (χ2v) is 5.60. The Balaban J connectivity index is 1.68. The molecule has 5 nitrogen and oxygen atoms in total. The van der Waals surface area contributed by atoms with Crippen LogP contribution < -0.4 is 10.1 Å². The number of ether oxygens (including phenoxy) is 1. The van der Waals surface area contributed by atoms with Crippen LogP contribution in [0.4, 0.5) is 10.1 Å². The molecule has 3 rings (SSSR count). The molecular weight excluding hydrogens is 323 g/mol. The summed E-state index contributed by atoms with van der Waals surface area (Å²) in [7, 11) is 1.59. The average Bonchev–Trinajstić information content (AvgIpc) is 3.06. The predicted molar refractivity (Wildman–Crippen MR) is 92.0 cm³/mol. The first-order valence-corrected chi connectivity index (χ1v) is 7.71. The minimum Gasteiger partial charge on any atom is -0.497 e. The van der Waals surface area contributed by atoms with Crippen molar-refractivity contribution in [3.05, 3.63) is 65.6 Å². The van der Waals surface area contributed by atoms with E-state index in [4.69, 9.17) is 9.26 Å². The normalized spacial score (nSPS) is 10.5. The number of rotatable bonds is 5. The van der Waals surface area contributed by atoms with Gasteiger partial charge >= 0.3 is 0 Å². The monoisotopic (exact) mass is 340 g/mol. The molecule has 0 aliphatic carbocycles. The van der Waals surface area contributed by atoms with Crippen molar-refractivity contribution < 1.29 is 18.4 Å². The number of nitrogens with zero attached hydrogens (tertiary/aromatic N) is 1. The highest BCUT2D eigenvalue weighted by Gasteiger charge is 2.12. The Morgan fingerprint density at radius 1 is 1.24 bits per heavy atom. The summed E-state index contributed by atoms with van der Waals surface area (Å²) in [5, 5.41) is 6.56. The Morgan fingerprint density at radius 3 is 2.84 bits per heavy atom. The molecule has 0 radical (unpaired) electrons. The minimum atomic E-state index is -0.362. The molecular formula is C19H17FN2O3. The second kappa shape index (κ2) is 7.17. The van der Waals surface area contributed by atoms with Gasteiger partial charge in [0.05, 0.1) is 19.2 Å². The molecule has 0 unspecified atom stereocenters. The summed E-state index contributed by atoms with van der Waals surface area (Å²) in [4.78, 5) is 12.1. The lowest BCUT2D eigenvalue weighted by atomic mass is 10.1. The van der Waals surface area contributed by atoms with Gasteiger partial charge in [-0.2, -0.15) is 0 Å². The Bertz CT molecular complexity index is 905. The van der Waals surface area contributed by atoms with Crippen LogP contribution >= 0.6 is 0 Å². The number of benzene rings is 2. The highest BCUT2D eigenvalue weighted by Crippen LogP contribution is 2.24. The van der Waals surface area contributed by atoms with Crippen molar-refractivity contribution in [3.8, 4) is 17.1 Å². The zero-order chi connectivity index (χ0) is 17.8. The van der Waals surface area contributed by atoms with E-state index in [-0.39, 0.29) is 18.1 Å². The number of amides is 1. The van der Waals surface area contributed by atoms with Gasteiger partial charge < -0.3 is 14.6 Å². The molecule has 128 valence electrons. The fourth-order valence-corrected chi connectivity index (χ4v) is 2.35. The number of halogens is 1. The van der Waals surface area contributed by atoms with E-state index in [9.17, 15) is 9.18 Å². The number of anilines is 1. The van der Waals surface area contributed by atoms with Crippen LogP contribution in [0.5, 0.6) is 5.75 Å². The summed E-state index contributed by atoms with van der Waals surface area (Å²) in [5.74, 6) is 0.589. The third-order valence-corrected chi connectivity index (χ3v) is 3.71. The molecule has 0 aliphatic rings. The molecule has 1 amide bonds. The maximum atomic E-state index is 13.5. The average molecular weight is 340 g/mol. The molecule has 1 heterocycles. The number of carbonyl (C=O) groups excluding carboxylic acids is 1. The molecule has 25 heavy (non-hydrogen) atoms. The van der Waals surface area contributed by atoms with Gasteiger partial charge in [-0.3, -0.25) is 4.79 Å². The van der Waals surface area contributed by atoms with E-state index >= 15 is 0 Å². The first-order valence-electron chi connectivity index (χ1n) is 7.71. The lowest BCUT2D eigenvalue weighted by Crippen LogP contribution is -2.14. The molecule has 1 N–H and O–H groups in total. The number of hydrogen-bond acceptors (Lipinski definition) is 4. The number of hydrogen-bond donors (Lipinski definition) is 1. The molecule has 0 saturated heterocycles. The minimum absolute atomic E-state index is 0.0307. The molecule has 0 spiro atoms. The Morgan fingerprint density at radius 2 is 2.08 bits per heavy atom. The third-order valence-electron chi connectivity index (χ3n) is 3.71. The highest BCUT2D eigenvalue weighted by molar-refractivity contribution is 5.92. The van der Waals surface area contributed by atoms with Gasteiger partial charge in [-0.05, 0) is 36.8 Å². The molecule has 6 heteroatoms. The maximum absolute atomic E-state index is 13.5. The van der Waals surface area contributed by atoms with Gasteiger partial charge in [0, 0.05) is 17.3 Å². The summed E-state index contributed by atoms with van der Waals surface area (Å²) in [6.45, 7) is 1.66. The van der Waals surface area contributed by atoms with E-state index in [0.717, 1.165) is 5.56 Å². The molecule has 0 fully saturated rings. The van der Waals surface area contributed by atoms with Gasteiger partial charge in [-0.1, -0.05) is 23.4 Å². The van der Waals surface area contributed by atoms with Gasteiger partial charge in [-0.25, -0.2) is 4.39 Å². The van der Waals surface area contributed by atoms with E-state index in [1.54, 1.807) is 32.2 Å². The van der Waals surface area contributed by atoms with Crippen LogP contribution in [0.15, 0.2) is 53.1 Å². The quantitative estimate of drug-likeness (QED) is 0.763. The molecule has 3 aromatic rings. The SMILES string of the molecule is COc1cccc(-c2cc(CC(=O)Nc3ccc(C)c(F)c3)no2)c1. The van der Waals surface area contributed by atoms with Crippen molar-refractivity contribution in [1.29, 1.82) is 0 Å². The van der Waals surface area contributed by atoms with E-state index in [1.807, 2.05) is 24.3 Å². The maximum Gasteiger partial charge on any atom is 0.230 e. The van der Waals surface area contributed by atoms with Crippen LogP contribution in [0.2, 0.25) is 0 Å². The predicted octanol–water partition coefficient (Wildman–Crippen LogP) is 3.98. The molecule has 1 aromatic heterocycles. The summed E-state index contributed by atoms with van der Waals surface area (Å²) in [6.07, 6.45) is 0.0307. The number of aryl methyl sites for hydroxylation is 1. The van der Waals surface area contributed by atoms with Crippen LogP contribution in [-0.2, 0) is 11.2 Å². The van der Waals surface area contributed by atoms with Gasteiger partial charge in [0.1, 0.15) is 11.6 Å². The highest BCUT2D eigenvalue weighted by atomic mass is 19.1. The first kappa shape index (κ1) is 16.7. The summed E-state index contributed by atoms with van der Waals surface area (Å²) < 4.78 is 24.0. The van der Waals surface area contributed by atoms with Crippen LogP contribution in [0.3, 0.4) is 0 Å². The number of carbonyl (C=O) groups is 1. The van der Waals surface area contributed by atoms with Crippen LogP contribution in [0, 0.1) is 12.7 Å². The lowest BCUT2D eigenvalue weighted by molar-refractivity contribution is -0.115. The zero-order valence-corrected chi connectivity index (χ0v) is 13.9. The van der Waals surface area contributed by atoms with Crippen molar-refractivity contribution in [2.75, 3.05) is 12.4 Å². The largest absolute Gasteiger partial charge is 0.497 e. The summed E-state index contributed by atoms with van der Waals surface area (Å²) in [6, 6.07) is 13.6. The molecule has 2 aromatic carbocycles. The van der Waals surface area contributed by atoms with Crippen molar-refractivity contribution in [3.63, 3.8) is 0 Å². The van der Waals surface area contributed by atoms with Crippen LogP contribution in [0.1, 0.15) is 11.3 Å². The van der Waals surface area contributed by atoms with E-state index in [1.165, 1.54) is 6.07 Å². The summed E-state index contributed by atoms with van der Waals surface area (Å²) >= 11 is 0. The molecule has 0 atom stereocenters. The number of nitrogens with one attached hydrogen (secondary N) is 1. The third kappa shape index (κ3) is 4.03. The molecule has 0 aliphatic heterocycles. The van der Waals surface area contributed by atoms with Crippen molar-refractivity contribution in [2.45, 2.75) is 13.3 Å². The second-order valence-electron chi connectivity index (χ2n) is 5.60. The van der Waals surface area contributed by atoms with Crippen LogP contribution in [-0.4, -0.2) is 18.2 Å². The Hall–Kier alpha value is -3.15. The van der Waals surface area contributed by atoms with Crippen molar-refractivity contribution >= 4 is 11.6 Å². The fourth-order valence-electron chi connectivity index (χ4n) is 2.35. The van der Waals surface area contributed by atoms with Gasteiger partial charge in [-0.15, -0.1) is 0 Å². The van der Waals surface area contributed by atoms with Crippen LogP contribution in [0.25, 0.3) is 11.3 Å². The zero-order valence-electron chi connectivity index (χ0n) is 13.9. The summed E-state index contributed by atoms with van der Waals surface area (Å²) in [5.41, 5.74) is 2.23. The van der Waals surface area contributed by atoms with E-state index in [2.05, 4.69) is 10.5 Å². The smallest absolute Gasteiger partial charge is 0.230 e. The number of methoxy groups -OCH3 is 1. The Kier molecular flexibility index (Phi) is 4.79. The van der Waals surface area contributed by atoms with E-state index < -0.39 is 0 Å². The number of aromatic nitrogens is 1. The molecule has 0 bridgehead atoms. The van der Waals surface area contributed by atoms with Crippen molar-refractivity contribution in [1.82, 2.24) is 5.16 Å². The van der Waals surface area contributed by atoms with Gasteiger partial charge in [0.25, 0.3) is 0 Å². The lowest BCUT2D eigenvalue weighted by Gasteiger charge is -2.05. The Labute approximate surface area is 144 Å². The topological polar surface area (TPSA) is 64.4 Å². The van der Waals surface area contributed by atoms with Gasteiger partial charge in [0.2, 0.25) is 5.91 Å². The van der Waals surface area contributed by atoms with Gasteiger partial charge in [0.15, 0.2) is 5.76 Å². The van der Waals surface area contributed by atoms with Crippen molar-refractivity contribution in [2.24, 2.45) is 0 Å². The fraction of sp³-hybridized carbons (Fsp3) is 0.158. The first-order chi connectivity index (χ1) is 12.0. The standard InChI is InChI=1S/C19H17FN2O3/c1-12-6-7-14(9-17(12)20)21-19(23)11-15-10-18(25-22-15)13-4-3-5-16(8-13)24-2/h3-10H,11H2,1-2H3,(H,21,23). The van der Waals surface area contributed by atoms with E-state index in [0.29, 0.717) is 28.5 Å². The molecule has 0 saturated carbocycles.